The normalized spacial score (nSPS) is 18.8. The van der Waals surface area contributed by atoms with Crippen LogP contribution >= 0.6 is 11.6 Å². The molecule has 1 aromatic carbocycles. The van der Waals surface area contributed by atoms with Crippen molar-refractivity contribution < 1.29 is 5.11 Å². The molecule has 0 bridgehead atoms. The molecular formula is C19H24ClN3O. The maximum Gasteiger partial charge on any atom is 0.147 e. The van der Waals surface area contributed by atoms with Gasteiger partial charge in [0.2, 0.25) is 0 Å². The summed E-state index contributed by atoms with van der Waals surface area (Å²) in [6.07, 6.45) is 2.54. The van der Waals surface area contributed by atoms with Crippen LogP contribution < -0.4 is 4.90 Å². The summed E-state index contributed by atoms with van der Waals surface area (Å²) >= 11 is 6.30. The van der Waals surface area contributed by atoms with Gasteiger partial charge >= 0.3 is 0 Å². The zero-order chi connectivity index (χ0) is 16.9. The second-order valence-electron chi connectivity index (χ2n) is 6.38. The van der Waals surface area contributed by atoms with Crippen LogP contribution in [0.3, 0.4) is 0 Å². The molecule has 2 heterocycles. The largest absolute Gasteiger partial charge is 0.396 e. The highest BCUT2D eigenvalue weighted by Crippen LogP contribution is 2.26. The van der Waals surface area contributed by atoms with Crippen LogP contribution in [-0.4, -0.2) is 47.3 Å². The second kappa shape index (κ2) is 7.97. The monoisotopic (exact) mass is 345 g/mol. The first-order valence-electron chi connectivity index (χ1n) is 8.43. The van der Waals surface area contributed by atoms with Crippen LogP contribution in [0.1, 0.15) is 17.5 Å². The van der Waals surface area contributed by atoms with Crippen LogP contribution in [0.25, 0.3) is 0 Å². The first-order chi connectivity index (χ1) is 11.7. The number of hydrogen-bond acceptors (Lipinski definition) is 4. The average Bonchev–Trinajstić information content (AvgIpc) is 2.59. The molecule has 1 aliphatic rings. The highest BCUT2D eigenvalue weighted by atomic mass is 35.5. The predicted molar refractivity (Wildman–Crippen MR) is 98.5 cm³/mol. The molecule has 1 N–H and O–H groups in total. The van der Waals surface area contributed by atoms with Crippen molar-refractivity contribution in [2.75, 3.05) is 31.1 Å². The van der Waals surface area contributed by atoms with Crippen molar-refractivity contribution in [1.29, 1.82) is 0 Å². The van der Waals surface area contributed by atoms with Gasteiger partial charge in [-0.05, 0) is 31.0 Å². The lowest BCUT2D eigenvalue weighted by Crippen LogP contribution is -2.53. The zero-order valence-corrected chi connectivity index (χ0v) is 14.8. The Morgan fingerprint density at radius 3 is 2.71 bits per heavy atom. The molecule has 1 saturated heterocycles. The van der Waals surface area contributed by atoms with Gasteiger partial charge in [-0.25, -0.2) is 4.98 Å². The van der Waals surface area contributed by atoms with Crippen molar-refractivity contribution in [2.45, 2.75) is 25.9 Å². The van der Waals surface area contributed by atoms with Crippen LogP contribution in [0.15, 0.2) is 42.6 Å². The number of pyridine rings is 1. The molecule has 1 aliphatic heterocycles. The Morgan fingerprint density at radius 1 is 1.21 bits per heavy atom. The smallest absolute Gasteiger partial charge is 0.147 e. The summed E-state index contributed by atoms with van der Waals surface area (Å²) in [6, 6.07) is 12.7. The van der Waals surface area contributed by atoms with Crippen LogP contribution in [0.4, 0.5) is 5.82 Å². The Kier molecular flexibility index (Phi) is 5.72. The fourth-order valence-corrected chi connectivity index (χ4v) is 3.50. The van der Waals surface area contributed by atoms with Gasteiger partial charge in [0.25, 0.3) is 0 Å². The zero-order valence-electron chi connectivity index (χ0n) is 14.0. The lowest BCUT2D eigenvalue weighted by molar-refractivity contribution is 0.135. The minimum atomic E-state index is 0.193. The van der Waals surface area contributed by atoms with E-state index in [9.17, 15) is 5.11 Å². The van der Waals surface area contributed by atoms with Gasteiger partial charge in [-0.1, -0.05) is 41.4 Å². The number of halogens is 1. The third-order valence-electron chi connectivity index (χ3n) is 4.61. The third kappa shape index (κ3) is 4.07. The van der Waals surface area contributed by atoms with Gasteiger partial charge in [-0.2, -0.15) is 0 Å². The maximum atomic E-state index is 9.46. The molecule has 3 rings (SSSR count). The molecule has 0 radical (unpaired) electrons. The lowest BCUT2D eigenvalue weighted by atomic mass is 10.1. The van der Waals surface area contributed by atoms with E-state index in [2.05, 4.69) is 46.0 Å². The summed E-state index contributed by atoms with van der Waals surface area (Å²) in [5.41, 5.74) is 2.59. The average molecular weight is 346 g/mol. The molecule has 0 spiro atoms. The SMILES string of the molecule is Cc1ccc(CN2CCN(c3ncccc3Cl)C[C@H]2CCO)cc1. The van der Waals surface area contributed by atoms with Gasteiger partial charge in [0.1, 0.15) is 5.82 Å². The van der Waals surface area contributed by atoms with Gasteiger partial charge in [0.05, 0.1) is 5.02 Å². The second-order valence-corrected chi connectivity index (χ2v) is 6.78. The van der Waals surface area contributed by atoms with Gasteiger partial charge in [0, 0.05) is 45.0 Å². The molecular weight excluding hydrogens is 322 g/mol. The Labute approximate surface area is 148 Å². The quantitative estimate of drug-likeness (QED) is 0.903. The number of benzene rings is 1. The molecule has 128 valence electrons. The van der Waals surface area contributed by atoms with Gasteiger partial charge in [-0.3, -0.25) is 4.90 Å². The number of anilines is 1. The number of piperazine rings is 1. The summed E-state index contributed by atoms with van der Waals surface area (Å²) in [6.45, 7) is 5.88. The number of aliphatic hydroxyl groups is 1. The van der Waals surface area contributed by atoms with E-state index in [0.717, 1.165) is 38.4 Å². The number of hydrogen-bond donors (Lipinski definition) is 1. The van der Waals surface area contributed by atoms with E-state index in [1.54, 1.807) is 6.20 Å². The maximum absolute atomic E-state index is 9.46. The van der Waals surface area contributed by atoms with E-state index < -0.39 is 0 Å². The molecule has 2 aromatic rings. The summed E-state index contributed by atoms with van der Waals surface area (Å²) in [5.74, 6) is 0.845. The fraction of sp³-hybridized carbons (Fsp3) is 0.421. The van der Waals surface area contributed by atoms with Crippen LogP contribution in [0.5, 0.6) is 0 Å². The molecule has 1 fully saturated rings. The third-order valence-corrected chi connectivity index (χ3v) is 4.91. The molecule has 0 unspecified atom stereocenters. The molecule has 1 aromatic heterocycles. The molecule has 0 aliphatic carbocycles. The molecule has 24 heavy (non-hydrogen) atoms. The van der Waals surface area contributed by atoms with Crippen molar-refractivity contribution in [3.8, 4) is 0 Å². The van der Waals surface area contributed by atoms with Crippen molar-refractivity contribution in [3.05, 3.63) is 58.7 Å². The van der Waals surface area contributed by atoms with Crippen molar-refractivity contribution >= 4 is 17.4 Å². The number of rotatable bonds is 5. The Hall–Kier alpha value is -1.62. The molecule has 0 amide bonds. The lowest BCUT2D eigenvalue weighted by Gasteiger charge is -2.42. The minimum Gasteiger partial charge on any atom is -0.396 e. The summed E-state index contributed by atoms with van der Waals surface area (Å²) in [7, 11) is 0. The minimum absolute atomic E-state index is 0.193. The predicted octanol–water partition coefficient (Wildman–Crippen LogP) is 3.12. The van der Waals surface area contributed by atoms with Crippen LogP contribution in [0, 0.1) is 6.92 Å². The number of nitrogens with zero attached hydrogens (tertiary/aromatic N) is 3. The Bertz CT molecular complexity index is 662. The number of aryl methyl sites for hydroxylation is 1. The fourth-order valence-electron chi connectivity index (χ4n) is 3.25. The van der Waals surface area contributed by atoms with E-state index >= 15 is 0 Å². The molecule has 5 heteroatoms. The van der Waals surface area contributed by atoms with Crippen molar-refractivity contribution in [3.63, 3.8) is 0 Å². The van der Waals surface area contributed by atoms with Crippen molar-refractivity contribution in [2.24, 2.45) is 0 Å². The first-order valence-corrected chi connectivity index (χ1v) is 8.81. The van der Waals surface area contributed by atoms with E-state index in [4.69, 9.17) is 11.6 Å². The first kappa shape index (κ1) is 17.2. The number of aliphatic hydroxyl groups excluding tert-OH is 1. The Balaban J connectivity index is 1.71. The van der Waals surface area contributed by atoms with Gasteiger partial charge < -0.3 is 10.0 Å². The van der Waals surface area contributed by atoms with E-state index in [-0.39, 0.29) is 6.61 Å². The topological polar surface area (TPSA) is 39.6 Å². The van der Waals surface area contributed by atoms with Crippen LogP contribution in [-0.2, 0) is 6.54 Å². The Morgan fingerprint density at radius 2 is 2.00 bits per heavy atom. The highest BCUT2D eigenvalue weighted by Gasteiger charge is 2.28. The van der Waals surface area contributed by atoms with Gasteiger partial charge in [0.15, 0.2) is 0 Å². The van der Waals surface area contributed by atoms with E-state index in [1.807, 2.05) is 12.1 Å². The standard InChI is InChI=1S/C19H24ClN3O/c1-15-4-6-16(7-5-15)13-22-10-11-23(14-17(22)8-12-24)19-18(20)3-2-9-21-19/h2-7,9,17,24H,8,10-14H2,1H3/t17-/m1/s1. The summed E-state index contributed by atoms with van der Waals surface area (Å²) in [4.78, 5) is 9.11. The molecule has 1 atom stereocenters. The molecule has 0 saturated carbocycles. The van der Waals surface area contributed by atoms with Crippen LogP contribution in [0.2, 0.25) is 5.02 Å². The molecule has 4 nitrogen and oxygen atoms in total. The number of aromatic nitrogens is 1. The van der Waals surface area contributed by atoms with E-state index in [0.29, 0.717) is 11.1 Å². The van der Waals surface area contributed by atoms with Crippen molar-refractivity contribution in [1.82, 2.24) is 9.88 Å². The van der Waals surface area contributed by atoms with Gasteiger partial charge in [-0.15, -0.1) is 0 Å². The summed E-state index contributed by atoms with van der Waals surface area (Å²) in [5, 5.41) is 10.2. The van der Waals surface area contributed by atoms with E-state index in [1.165, 1.54) is 11.1 Å². The highest BCUT2D eigenvalue weighted by molar-refractivity contribution is 6.32. The summed E-state index contributed by atoms with van der Waals surface area (Å²) < 4.78 is 0.